The largest absolute Gasteiger partial charge is 0.304 e. The van der Waals surface area contributed by atoms with Crippen LogP contribution in [0.5, 0.6) is 0 Å². The highest BCUT2D eigenvalue weighted by Crippen LogP contribution is 1.92. The molecule has 1 aromatic rings. The third-order valence-electron chi connectivity index (χ3n) is 0.953. The highest BCUT2D eigenvalue weighted by Gasteiger charge is 1.98. The number of carbonyl (C=O) groups is 1. The van der Waals surface area contributed by atoms with E-state index in [0.29, 0.717) is 12.4 Å². The van der Waals surface area contributed by atoms with Crippen molar-refractivity contribution in [3.05, 3.63) is 6.33 Å². The Labute approximate surface area is 57.9 Å². The van der Waals surface area contributed by atoms with E-state index < -0.39 is 0 Å². The van der Waals surface area contributed by atoms with Crippen molar-refractivity contribution in [3.8, 4) is 0 Å². The number of H-pyrrole nitrogens is 1. The van der Waals surface area contributed by atoms with Crippen LogP contribution in [0.3, 0.4) is 0 Å². The molecule has 10 heavy (non-hydrogen) atoms. The maximum Gasteiger partial charge on any atom is 0.228 e. The van der Waals surface area contributed by atoms with Crippen molar-refractivity contribution < 1.29 is 4.79 Å². The summed E-state index contributed by atoms with van der Waals surface area (Å²) in [5.41, 5.74) is 0. The van der Waals surface area contributed by atoms with Crippen molar-refractivity contribution in [3.63, 3.8) is 0 Å². The van der Waals surface area contributed by atoms with E-state index in [9.17, 15) is 4.79 Å². The third kappa shape index (κ3) is 1.54. The van der Waals surface area contributed by atoms with Crippen molar-refractivity contribution in [2.75, 3.05) is 5.32 Å². The molecule has 5 heteroatoms. The lowest BCUT2D eigenvalue weighted by Gasteiger charge is -1.94. The van der Waals surface area contributed by atoms with Gasteiger partial charge in [0.15, 0.2) is 0 Å². The van der Waals surface area contributed by atoms with Gasteiger partial charge in [0.25, 0.3) is 0 Å². The van der Waals surface area contributed by atoms with Crippen molar-refractivity contribution in [2.45, 2.75) is 13.3 Å². The molecule has 0 aliphatic carbocycles. The van der Waals surface area contributed by atoms with E-state index >= 15 is 0 Å². The van der Waals surface area contributed by atoms with Gasteiger partial charge in [-0.05, 0) is 0 Å². The fourth-order valence-electron chi connectivity index (χ4n) is 0.455. The second-order valence-corrected chi connectivity index (χ2v) is 1.69. The highest BCUT2D eigenvalue weighted by molar-refractivity contribution is 5.88. The first kappa shape index (κ1) is 6.73. The van der Waals surface area contributed by atoms with Gasteiger partial charge in [0.05, 0.1) is 0 Å². The van der Waals surface area contributed by atoms with Crippen LogP contribution in [0.25, 0.3) is 0 Å². The van der Waals surface area contributed by atoms with E-state index in [1.165, 1.54) is 0 Å². The molecule has 0 spiro atoms. The van der Waals surface area contributed by atoms with Crippen LogP contribution in [0, 0.1) is 6.33 Å². The first-order chi connectivity index (χ1) is 4.83. The number of anilines is 1. The molecule has 0 unspecified atom stereocenters. The number of hydrogen-bond donors (Lipinski definition) is 2. The summed E-state index contributed by atoms with van der Waals surface area (Å²) in [6.45, 7) is 1.76. The topological polar surface area (TPSA) is 70.7 Å². The van der Waals surface area contributed by atoms with Gasteiger partial charge < -0.3 is 4.98 Å². The van der Waals surface area contributed by atoms with Crippen molar-refractivity contribution in [1.29, 1.82) is 0 Å². The van der Waals surface area contributed by atoms with E-state index in [2.05, 4.69) is 26.8 Å². The monoisotopic (exact) mass is 139 g/mol. The Morgan fingerprint density at radius 2 is 2.70 bits per heavy atom. The zero-order valence-corrected chi connectivity index (χ0v) is 5.51. The number of carbonyl (C=O) groups excluding carboxylic acids is 1. The lowest BCUT2D eigenvalue weighted by Crippen LogP contribution is -2.10. The lowest BCUT2D eigenvalue weighted by molar-refractivity contribution is -0.115. The van der Waals surface area contributed by atoms with Crippen LogP contribution < -0.4 is 5.32 Å². The summed E-state index contributed by atoms with van der Waals surface area (Å²) in [5, 5.41) is 9.35. The molecule has 0 fully saturated rings. The third-order valence-corrected chi connectivity index (χ3v) is 0.953. The fourth-order valence-corrected chi connectivity index (χ4v) is 0.455. The van der Waals surface area contributed by atoms with Crippen LogP contribution in [0.1, 0.15) is 13.3 Å². The molecule has 2 N–H and O–H groups in total. The van der Waals surface area contributed by atoms with Crippen molar-refractivity contribution in [2.24, 2.45) is 0 Å². The minimum absolute atomic E-state index is 0.0925. The fraction of sp³-hybridized carbons (Fsp3) is 0.400. The number of amides is 1. The Balaban J connectivity index is 2.48. The molecule has 0 atom stereocenters. The Morgan fingerprint density at radius 1 is 1.90 bits per heavy atom. The molecule has 1 radical (unpaired) electrons. The Hall–Kier alpha value is -1.39. The van der Waals surface area contributed by atoms with Gasteiger partial charge >= 0.3 is 0 Å². The maximum atomic E-state index is 10.7. The molecule has 0 saturated heterocycles. The molecule has 53 valence electrons. The highest BCUT2D eigenvalue weighted by atomic mass is 16.1. The molecule has 5 nitrogen and oxygen atoms in total. The zero-order chi connectivity index (χ0) is 7.40. The SMILES string of the molecule is CCC(=O)Nc1nn[c][nH]1. The van der Waals surface area contributed by atoms with Crippen LogP contribution in [0.15, 0.2) is 0 Å². The number of nitrogens with one attached hydrogen (secondary N) is 2. The van der Waals surface area contributed by atoms with E-state index in [-0.39, 0.29) is 5.91 Å². The van der Waals surface area contributed by atoms with Gasteiger partial charge in [-0.3, -0.25) is 10.1 Å². The van der Waals surface area contributed by atoms with Crippen LogP contribution in [0.4, 0.5) is 5.95 Å². The Morgan fingerprint density at radius 3 is 3.20 bits per heavy atom. The summed E-state index contributed by atoms with van der Waals surface area (Å²) in [6, 6.07) is 0. The summed E-state index contributed by atoms with van der Waals surface area (Å²) in [5.74, 6) is 0.247. The Bertz CT molecular complexity index is 205. The first-order valence-corrected chi connectivity index (χ1v) is 2.91. The van der Waals surface area contributed by atoms with E-state index in [0.717, 1.165) is 0 Å². The summed E-state index contributed by atoms with van der Waals surface area (Å²) in [6.07, 6.45) is 2.79. The van der Waals surface area contributed by atoms with Crippen LogP contribution in [-0.2, 0) is 4.79 Å². The predicted octanol–water partition coefficient (Wildman–Crippen LogP) is -0.0466. The van der Waals surface area contributed by atoms with E-state index in [4.69, 9.17) is 0 Å². The molecular weight excluding hydrogens is 132 g/mol. The molecule has 0 aliphatic rings. The number of aromatic amines is 1. The minimum Gasteiger partial charge on any atom is -0.304 e. The quantitative estimate of drug-likeness (QED) is 0.603. The maximum absolute atomic E-state index is 10.7. The van der Waals surface area contributed by atoms with Crippen molar-refractivity contribution in [1.82, 2.24) is 15.2 Å². The van der Waals surface area contributed by atoms with Gasteiger partial charge in [0, 0.05) is 6.42 Å². The van der Waals surface area contributed by atoms with Crippen molar-refractivity contribution >= 4 is 11.9 Å². The number of nitrogens with zero attached hydrogens (tertiary/aromatic N) is 2. The molecule has 1 heterocycles. The second-order valence-electron chi connectivity index (χ2n) is 1.69. The molecule has 1 rings (SSSR count). The van der Waals surface area contributed by atoms with Gasteiger partial charge in [0.2, 0.25) is 18.2 Å². The standard InChI is InChI=1S/C5H7N4O/c1-2-4(10)8-5-6-3-7-9-5/h2H2,1H3,(H2,6,7,8,9,10). The van der Waals surface area contributed by atoms with Gasteiger partial charge in [-0.15, -0.1) is 10.2 Å². The summed E-state index contributed by atoms with van der Waals surface area (Å²) >= 11 is 0. The average Bonchev–Trinajstić information content (AvgIpc) is 2.40. The van der Waals surface area contributed by atoms with Crippen LogP contribution >= 0.6 is 0 Å². The normalized spacial score (nSPS) is 9.30. The summed E-state index contributed by atoms with van der Waals surface area (Å²) < 4.78 is 0. The predicted molar refractivity (Wildman–Crippen MR) is 34.1 cm³/mol. The van der Waals surface area contributed by atoms with Crippen LogP contribution in [0.2, 0.25) is 0 Å². The van der Waals surface area contributed by atoms with Gasteiger partial charge in [0.1, 0.15) is 0 Å². The first-order valence-electron chi connectivity index (χ1n) is 2.91. The molecule has 0 aromatic carbocycles. The van der Waals surface area contributed by atoms with E-state index in [1.54, 1.807) is 6.92 Å². The molecule has 1 amide bonds. The molecular formula is C5H7N4O. The summed E-state index contributed by atoms with van der Waals surface area (Å²) in [7, 11) is 0. The zero-order valence-electron chi connectivity index (χ0n) is 5.51. The van der Waals surface area contributed by atoms with Crippen LogP contribution in [-0.4, -0.2) is 21.1 Å². The minimum atomic E-state index is -0.0925. The lowest BCUT2D eigenvalue weighted by atomic mass is 10.5. The molecule has 1 aromatic heterocycles. The molecule has 0 saturated carbocycles. The average molecular weight is 139 g/mol. The van der Waals surface area contributed by atoms with Gasteiger partial charge in [-0.25, -0.2) is 0 Å². The smallest absolute Gasteiger partial charge is 0.228 e. The molecule has 0 aliphatic heterocycles. The number of hydrogen-bond acceptors (Lipinski definition) is 3. The molecule has 0 bridgehead atoms. The number of aromatic nitrogens is 3. The van der Waals surface area contributed by atoms with Gasteiger partial charge in [-0.1, -0.05) is 6.92 Å². The van der Waals surface area contributed by atoms with E-state index in [1.807, 2.05) is 0 Å². The Kier molecular flexibility index (Phi) is 1.99. The van der Waals surface area contributed by atoms with Gasteiger partial charge in [-0.2, -0.15) is 0 Å². The number of rotatable bonds is 2. The second kappa shape index (κ2) is 2.95. The summed E-state index contributed by atoms with van der Waals surface area (Å²) in [4.78, 5) is 13.2.